The van der Waals surface area contributed by atoms with Gasteiger partial charge in [-0.2, -0.15) is 0 Å². The van der Waals surface area contributed by atoms with Gasteiger partial charge in [0.25, 0.3) is 0 Å². The van der Waals surface area contributed by atoms with Crippen LogP contribution in [-0.2, 0) is 28.7 Å². The van der Waals surface area contributed by atoms with Crippen LogP contribution >= 0.6 is 95.6 Å². The van der Waals surface area contributed by atoms with Crippen molar-refractivity contribution in [2.45, 2.75) is 12.8 Å². The van der Waals surface area contributed by atoms with E-state index in [1.807, 2.05) is 0 Å². The Kier molecular flexibility index (Phi) is 13.3. The minimum absolute atomic E-state index is 0.203. The Hall–Kier alpha value is -1.06. The lowest BCUT2D eigenvalue weighted by Crippen LogP contribution is -2.14. The van der Waals surface area contributed by atoms with Crippen LogP contribution in [0, 0.1) is 0 Å². The largest absolute Gasteiger partial charge is 0.462 e. The van der Waals surface area contributed by atoms with E-state index >= 15 is 0 Å². The second-order valence-electron chi connectivity index (χ2n) is 6.51. The fourth-order valence-corrected chi connectivity index (χ4v) is 7.13. The Morgan fingerprint density at radius 3 is 1.19 bits per heavy atom. The lowest BCUT2D eigenvalue weighted by Gasteiger charge is -2.09. The number of hydrogen-bond acceptors (Lipinski definition) is 8. The van der Waals surface area contributed by atoms with Crippen LogP contribution in [0.1, 0.15) is 12.8 Å². The molecule has 0 aliphatic carbocycles. The van der Waals surface area contributed by atoms with E-state index in [9.17, 15) is 19.2 Å². The first-order valence-electron chi connectivity index (χ1n) is 9.68. The van der Waals surface area contributed by atoms with Crippen LogP contribution in [0.15, 0.2) is 63.3 Å². The summed E-state index contributed by atoms with van der Waals surface area (Å²) in [6.07, 6.45) is 1.30. The van der Waals surface area contributed by atoms with Gasteiger partial charge in [-0.15, -0.1) is 0 Å². The third kappa shape index (κ3) is 10.7. The monoisotopic (exact) mass is 880 g/mol. The SMILES string of the molecule is O=C(/C=C/C(=O)OCCC(=O)Oc1c(Br)cc(Br)cc1Br)OCCC(=O)Oc1c(Br)cc(Br)cc1Br. The van der Waals surface area contributed by atoms with Gasteiger partial charge in [-0.05, 0) is 88.0 Å². The highest BCUT2D eigenvalue weighted by Gasteiger charge is 2.15. The van der Waals surface area contributed by atoms with Gasteiger partial charge in [-0.1, -0.05) is 31.9 Å². The Bertz CT molecular complexity index is 1060. The molecule has 0 saturated heterocycles. The quantitative estimate of drug-likeness (QED) is 0.140. The van der Waals surface area contributed by atoms with Crippen molar-refractivity contribution in [1.29, 1.82) is 0 Å². The summed E-state index contributed by atoms with van der Waals surface area (Å²) in [5, 5.41) is 0. The van der Waals surface area contributed by atoms with E-state index in [-0.39, 0.29) is 37.6 Å². The molecule has 0 unspecified atom stereocenters. The fraction of sp³-hybridized carbons (Fsp3) is 0.182. The van der Waals surface area contributed by atoms with Crippen LogP contribution in [0.5, 0.6) is 11.5 Å². The smallest absolute Gasteiger partial charge is 0.331 e. The molecule has 0 radical (unpaired) electrons. The zero-order valence-corrected chi connectivity index (χ0v) is 27.3. The molecule has 2 aromatic carbocycles. The number of ether oxygens (including phenoxy) is 4. The van der Waals surface area contributed by atoms with Crippen LogP contribution in [0.4, 0.5) is 0 Å². The summed E-state index contributed by atoms with van der Waals surface area (Å²) in [6, 6.07) is 6.84. The van der Waals surface area contributed by atoms with Crippen molar-refractivity contribution in [2.24, 2.45) is 0 Å². The molecule has 0 spiro atoms. The maximum absolute atomic E-state index is 12.0. The molecule has 0 heterocycles. The lowest BCUT2D eigenvalue weighted by molar-refractivity contribution is -0.144. The van der Waals surface area contributed by atoms with Crippen molar-refractivity contribution in [3.8, 4) is 11.5 Å². The van der Waals surface area contributed by atoms with Crippen LogP contribution in [0.3, 0.4) is 0 Å². The molecule has 0 aromatic heterocycles. The topological polar surface area (TPSA) is 105 Å². The zero-order valence-electron chi connectivity index (χ0n) is 17.8. The van der Waals surface area contributed by atoms with Gasteiger partial charge in [0, 0.05) is 21.1 Å². The number of halogens is 6. The maximum Gasteiger partial charge on any atom is 0.331 e. The lowest BCUT2D eigenvalue weighted by atomic mass is 10.3. The molecule has 0 amide bonds. The summed E-state index contributed by atoms with van der Waals surface area (Å²) in [7, 11) is 0. The van der Waals surface area contributed by atoms with Crippen LogP contribution in [-0.4, -0.2) is 37.1 Å². The van der Waals surface area contributed by atoms with Crippen LogP contribution in [0.25, 0.3) is 0 Å². The second-order valence-corrected chi connectivity index (χ2v) is 11.8. The van der Waals surface area contributed by atoms with Gasteiger partial charge in [0.05, 0.1) is 30.7 Å². The summed E-state index contributed by atoms with van der Waals surface area (Å²) in [5.74, 6) is -2.37. The van der Waals surface area contributed by atoms with Gasteiger partial charge < -0.3 is 18.9 Å². The van der Waals surface area contributed by atoms with Crippen molar-refractivity contribution in [3.05, 3.63) is 63.3 Å². The molecular formula is C22H14Br6O8. The minimum Gasteiger partial charge on any atom is -0.462 e. The van der Waals surface area contributed by atoms with Gasteiger partial charge in [-0.25, -0.2) is 9.59 Å². The number of rotatable bonds is 10. The van der Waals surface area contributed by atoms with Crippen molar-refractivity contribution in [1.82, 2.24) is 0 Å². The minimum atomic E-state index is -0.852. The highest BCUT2D eigenvalue weighted by molar-refractivity contribution is 9.12. The van der Waals surface area contributed by atoms with Crippen LogP contribution < -0.4 is 9.47 Å². The summed E-state index contributed by atoms with van der Waals surface area (Å²) in [5.41, 5.74) is 0. The molecule has 0 bridgehead atoms. The fourth-order valence-electron chi connectivity index (χ4n) is 2.28. The summed E-state index contributed by atoms with van der Waals surface area (Å²) in [4.78, 5) is 47.4. The second kappa shape index (κ2) is 15.4. The molecule has 0 aliphatic rings. The number of benzene rings is 2. The zero-order chi connectivity index (χ0) is 26.8. The summed E-state index contributed by atoms with van der Waals surface area (Å²) in [6.45, 7) is -0.508. The van der Waals surface area contributed by atoms with Gasteiger partial charge in [0.15, 0.2) is 11.5 Å². The maximum atomic E-state index is 12.0. The first-order valence-corrected chi connectivity index (χ1v) is 14.4. The van der Waals surface area contributed by atoms with Crippen LogP contribution in [0.2, 0.25) is 0 Å². The van der Waals surface area contributed by atoms with Crippen molar-refractivity contribution in [2.75, 3.05) is 13.2 Å². The summed E-state index contributed by atoms with van der Waals surface area (Å²) < 4.78 is 24.0. The van der Waals surface area contributed by atoms with E-state index in [0.29, 0.717) is 17.9 Å². The normalized spacial score (nSPS) is 10.7. The standard InChI is InChI=1S/C22H14Br6O8/c23-11-7-13(25)21(14(26)8-11)35-19(31)3-5-33-17(29)1-2-18(30)34-6-4-20(32)36-22-15(27)9-12(24)10-16(22)28/h1-2,7-10H,3-6H2/b2-1+. The number of carbonyl (C=O) groups excluding carboxylic acids is 4. The number of hydrogen-bond donors (Lipinski definition) is 0. The van der Waals surface area contributed by atoms with E-state index < -0.39 is 23.9 Å². The Labute approximate surface area is 256 Å². The molecule has 0 fully saturated rings. The van der Waals surface area contributed by atoms with Gasteiger partial charge in [-0.3, -0.25) is 9.59 Å². The highest BCUT2D eigenvalue weighted by Crippen LogP contribution is 2.37. The molecule has 2 aromatic rings. The Balaban J connectivity index is 1.68. The molecule has 8 nitrogen and oxygen atoms in total. The third-order valence-corrected chi connectivity index (χ3v) is 7.09. The third-order valence-electron chi connectivity index (χ3n) is 3.81. The first-order chi connectivity index (χ1) is 17.0. The molecule has 192 valence electrons. The average Bonchev–Trinajstić information content (AvgIpc) is 2.77. The van der Waals surface area contributed by atoms with E-state index in [1.54, 1.807) is 24.3 Å². The first kappa shape index (κ1) is 31.2. The molecule has 0 atom stereocenters. The van der Waals surface area contributed by atoms with Gasteiger partial charge in [0.2, 0.25) is 0 Å². The van der Waals surface area contributed by atoms with Crippen molar-refractivity contribution < 1.29 is 38.1 Å². The van der Waals surface area contributed by atoms with Gasteiger partial charge >= 0.3 is 23.9 Å². The molecule has 14 heteroatoms. The van der Waals surface area contributed by atoms with Gasteiger partial charge in [0.1, 0.15) is 13.2 Å². The summed E-state index contributed by atoms with van der Waals surface area (Å²) >= 11 is 19.8. The molecule has 0 saturated carbocycles. The van der Waals surface area contributed by atoms with E-state index in [1.165, 1.54) is 0 Å². The molecule has 36 heavy (non-hydrogen) atoms. The Morgan fingerprint density at radius 1 is 0.583 bits per heavy atom. The number of carbonyl (C=O) groups is 4. The highest BCUT2D eigenvalue weighted by atomic mass is 79.9. The molecule has 0 aliphatic heterocycles. The molecular weight excluding hydrogens is 872 g/mol. The van der Waals surface area contributed by atoms with Crippen molar-refractivity contribution in [3.63, 3.8) is 0 Å². The van der Waals surface area contributed by atoms with E-state index in [4.69, 9.17) is 18.9 Å². The molecule has 0 N–H and O–H groups in total. The van der Waals surface area contributed by atoms with Crippen molar-refractivity contribution >= 4 is 119 Å². The van der Waals surface area contributed by atoms with E-state index in [2.05, 4.69) is 95.6 Å². The number of esters is 4. The predicted octanol–water partition coefficient (Wildman–Crippen LogP) is 7.20. The molecule has 2 rings (SSSR count). The Morgan fingerprint density at radius 2 is 0.889 bits per heavy atom. The average molecular weight is 886 g/mol. The van der Waals surface area contributed by atoms with E-state index in [0.717, 1.165) is 21.1 Å². The predicted molar refractivity (Wildman–Crippen MR) is 151 cm³/mol.